The number of pyridine rings is 1. The zero-order valence-corrected chi connectivity index (χ0v) is 17.7. The molecule has 1 aliphatic rings. The highest BCUT2D eigenvalue weighted by Gasteiger charge is 2.10. The molecule has 2 aromatic heterocycles. The van der Waals surface area contributed by atoms with E-state index in [1.54, 1.807) is 0 Å². The van der Waals surface area contributed by atoms with Crippen molar-refractivity contribution in [2.75, 3.05) is 19.6 Å². The van der Waals surface area contributed by atoms with Crippen LogP contribution in [0.15, 0.2) is 53.7 Å². The van der Waals surface area contributed by atoms with E-state index in [9.17, 15) is 0 Å². The summed E-state index contributed by atoms with van der Waals surface area (Å²) < 4.78 is 1.98. The summed E-state index contributed by atoms with van der Waals surface area (Å²) in [5.41, 5.74) is 3.44. The lowest BCUT2D eigenvalue weighted by Gasteiger charge is -2.26. The minimum Gasteiger partial charge on any atom is -0.357 e. The first-order chi connectivity index (χ1) is 14.8. The fourth-order valence-corrected chi connectivity index (χ4v) is 3.81. The summed E-state index contributed by atoms with van der Waals surface area (Å²) in [5, 5.41) is 15.1. The van der Waals surface area contributed by atoms with Crippen LogP contribution in [0.2, 0.25) is 0 Å². The van der Waals surface area contributed by atoms with Gasteiger partial charge < -0.3 is 10.6 Å². The Morgan fingerprint density at radius 3 is 2.57 bits per heavy atom. The van der Waals surface area contributed by atoms with Crippen LogP contribution in [0.4, 0.5) is 0 Å². The van der Waals surface area contributed by atoms with E-state index in [1.165, 1.54) is 43.5 Å². The van der Waals surface area contributed by atoms with Crippen LogP contribution in [0.25, 0.3) is 5.65 Å². The van der Waals surface area contributed by atoms with E-state index in [2.05, 4.69) is 56.9 Å². The SMILES string of the molecule is CCNC(=NCc1ccc(CN2CCCCC2)cc1)NCc1nnc2ccccn12. The smallest absolute Gasteiger partial charge is 0.191 e. The molecular formula is C23H31N7. The molecule has 2 N–H and O–H groups in total. The van der Waals surface area contributed by atoms with Crippen LogP contribution in [-0.4, -0.2) is 45.1 Å². The summed E-state index contributed by atoms with van der Waals surface area (Å²) in [5.74, 6) is 1.64. The van der Waals surface area contributed by atoms with E-state index in [4.69, 9.17) is 4.99 Å². The minimum atomic E-state index is 0.561. The van der Waals surface area contributed by atoms with Gasteiger partial charge >= 0.3 is 0 Å². The molecule has 7 nitrogen and oxygen atoms in total. The Hall–Kier alpha value is -2.93. The van der Waals surface area contributed by atoms with Crippen LogP contribution in [0.5, 0.6) is 0 Å². The van der Waals surface area contributed by atoms with Crippen molar-refractivity contribution in [1.29, 1.82) is 0 Å². The van der Waals surface area contributed by atoms with Crippen LogP contribution >= 0.6 is 0 Å². The molecule has 158 valence electrons. The third-order valence-corrected chi connectivity index (χ3v) is 5.44. The van der Waals surface area contributed by atoms with Gasteiger partial charge in [0.2, 0.25) is 0 Å². The maximum atomic E-state index is 4.74. The van der Waals surface area contributed by atoms with Gasteiger partial charge in [0.15, 0.2) is 17.4 Å². The van der Waals surface area contributed by atoms with Gasteiger partial charge in [-0.1, -0.05) is 36.8 Å². The molecule has 3 heterocycles. The second-order valence-corrected chi connectivity index (χ2v) is 7.75. The molecule has 0 bridgehead atoms. The summed E-state index contributed by atoms with van der Waals surface area (Å²) >= 11 is 0. The molecule has 0 radical (unpaired) electrons. The molecule has 1 aromatic carbocycles. The Bertz CT molecular complexity index is 955. The Labute approximate surface area is 178 Å². The van der Waals surface area contributed by atoms with Crippen LogP contribution in [-0.2, 0) is 19.6 Å². The Balaban J connectivity index is 1.34. The molecule has 0 saturated carbocycles. The third kappa shape index (κ3) is 5.36. The molecule has 0 spiro atoms. The molecule has 3 aromatic rings. The van der Waals surface area contributed by atoms with Gasteiger partial charge in [0.25, 0.3) is 0 Å². The summed E-state index contributed by atoms with van der Waals surface area (Å²) in [6.45, 7) is 7.59. The maximum absolute atomic E-state index is 4.74. The van der Waals surface area contributed by atoms with Crippen molar-refractivity contribution >= 4 is 11.6 Å². The number of fused-ring (bicyclic) bond motifs is 1. The van der Waals surface area contributed by atoms with Crippen LogP contribution in [0.1, 0.15) is 43.1 Å². The second kappa shape index (κ2) is 10.2. The van der Waals surface area contributed by atoms with Crippen molar-refractivity contribution in [2.45, 2.75) is 45.8 Å². The molecule has 30 heavy (non-hydrogen) atoms. The number of piperidine rings is 1. The lowest BCUT2D eigenvalue weighted by Crippen LogP contribution is -2.37. The van der Waals surface area contributed by atoms with E-state index in [0.29, 0.717) is 13.1 Å². The van der Waals surface area contributed by atoms with Gasteiger partial charge in [-0.15, -0.1) is 10.2 Å². The normalized spacial score (nSPS) is 15.4. The quantitative estimate of drug-likeness (QED) is 0.467. The van der Waals surface area contributed by atoms with Gasteiger partial charge in [-0.05, 0) is 56.1 Å². The number of aromatic nitrogens is 3. The first kappa shape index (κ1) is 20.3. The fourth-order valence-electron chi connectivity index (χ4n) is 3.81. The largest absolute Gasteiger partial charge is 0.357 e. The minimum absolute atomic E-state index is 0.561. The fraction of sp³-hybridized carbons (Fsp3) is 0.435. The number of aliphatic imine (C=N–C) groups is 1. The number of nitrogens with one attached hydrogen (secondary N) is 2. The third-order valence-electron chi connectivity index (χ3n) is 5.44. The van der Waals surface area contributed by atoms with Gasteiger partial charge in [-0.3, -0.25) is 9.30 Å². The van der Waals surface area contributed by atoms with Crippen molar-refractivity contribution in [1.82, 2.24) is 30.1 Å². The van der Waals surface area contributed by atoms with E-state index in [1.807, 2.05) is 28.8 Å². The van der Waals surface area contributed by atoms with E-state index >= 15 is 0 Å². The zero-order valence-electron chi connectivity index (χ0n) is 17.7. The van der Waals surface area contributed by atoms with Crippen LogP contribution in [0.3, 0.4) is 0 Å². The first-order valence-electron chi connectivity index (χ1n) is 10.9. The predicted molar refractivity (Wildman–Crippen MR) is 120 cm³/mol. The van der Waals surface area contributed by atoms with Crippen molar-refractivity contribution in [3.8, 4) is 0 Å². The molecule has 7 heteroatoms. The molecule has 0 aliphatic carbocycles. The van der Waals surface area contributed by atoms with Gasteiger partial charge in [-0.2, -0.15) is 0 Å². The van der Waals surface area contributed by atoms with E-state index in [-0.39, 0.29) is 0 Å². The topological polar surface area (TPSA) is 69.8 Å². The molecule has 4 rings (SSSR count). The Morgan fingerprint density at radius 1 is 0.967 bits per heavy atom. The predicted octanol–water partition coefficient (Wildman–Crippen LogP) is 2.97. The maximum Gasteiger partial charge on any atom is 0.191 e. The van der Waals surface area contributed by atoms with Crippen molar-refractivity contribution in [2.24, 2.45) is 4.99 Å². The lowest BCUT2D eigenvalue weighted by molar-refractivity contribution is 0.221. The summed E-state index contributed by atoms with van der Waals surface area (Å²) in [7, 11) is 0. The average molecular weight is 406 g/mol. The first-order valence-corrected chi connectivity index (χ1v) is 10.9. The number of hydrogen-bond acceptors (Lipinski definition) is 4. The van der Waals surface area contributed by atoms with Gasteiger partial charge in [0.1, 0.15) is 0 Å². The van der Waals surface area contributed by atoms with E-state index < -0.39 is 0 Å². The highest BCUT2D eigenvalue weighted by Crippen LogP contribution is 2.14. The lowest BCUT2D eigenvalue weighted by atomic mass is 10.1. The Morgan fingerprint density at radius 2 is 1.77 bits per heavy atom. The highest BCUT2D eigenvalue weighted by atomic mass is 15.3. The van der Waals surface area contributed by atoms with Crippen molar-refractivity contribution in [3.05, 3.63) is 65.6 Å². The summed E-state index contributed by atoms with van der Waals surface area (Å²) in [6.07, 6.45) is 6.01. The number of benzene rings is 1. The van der Waals surface area contributed by atoms with Gasteiger partial charge in [0, 0.05) is 19.3 Å². The standard InChI is InChI=1S/C23H31N7/c1-2-24-23(26-17-22-28-27-21-8-4-7-15-30(21)22)25-16-19-9-11-20(12-10-19)18-29-13-5-3-6-14-29/h4,7-12,15H,2-3,5-6,13-14,16-18H2,1H3,(H2,24,25,26). The molecule has 1 saturated heterocycles. The molecule has 0 unspecified atom stereocenters. The molecule has 1 fully saturated rings. The molecule has 0 atom stereocenters. The average Bonchev–Trinajstić information content (AvgIpc) is 3.20. The van der Waals surface area contributed by atoms with Crippen LogP contribution in [0, 0.1) is 0 Å². The monoisotopic (exact) mass is 405 g/mol. The van der Waals surface area contributed by atoms with Gasteiger partial charge in [-0.25, -0.2) is 4.99 Å². The van der Waals surface area contributed by atoms with Crippen LogP contribution < -0.4 is 10.6 Å². The van der Waals surface area contributed by atoms with E-state index in [0.717, 1.165) is 30.5 Å². The highest BCUT2D eigenvalue weighted by molar-refractivity contribution is 5.79. The number of rotatable bonds is 7. The molecule has 1 aliphatic heterocycles. The Kier molecular flexibility index (Phi) is 6.92. The van der Waals surface area contributed by atoms with Gasteiger partial charge in [0.05, 0.1) is 13.1 Å². The number of guanidine groups is 1. The molecule has 0 amide bonds. The van der Waals surface area contributed by atoms with Crippen molar-refractivity contribution < 1.29 is 0 Å². The summed E-state index contributed by atoms with van der Waals surface area (Å²) in [6, 6.07) is 14.8. The number of likely N-dealkylation sites (tertiary alicyclic amines) is 1. The number of nitrogens with zero attached hydrogens (tertiary/aromatic N) is 5. The summed E-state index contributed by atoms with van der Waals surface area (Å²) in [4.78, 5) is 7.29. The molecular weight excluding hydrogens is 374 g/mol. The number of hydrogen-bond donors (Lipinski definition) is 2. The second-order valence-electron chi connectivity index (χ2n) is 7.75. The zero-order chi connectivity index (χ0) is 20.6. The van der Waals surface area contributed by atoms with Crippen molar-refractivity contribution in [3.63, 3.8) is 0 Å².